The molecule has 0 saturated carbocycles. The van der Waals surface area contributed by atoms with Gasteiger partial charge in [-0.3, -0.25) is 4.79 Å². The molecule has 0 spiro atoms. The van der Waals surface area contributed by atoms with Gasteiger partial charge in [-0.1, -0.05) is 12.1 Å². The molecule has 2 aromatic carbocycles. The molecule has 1 heterocycles. The summed E-state index contributed by atoms with van der Waals surface area (Å²) < 4.78 is 16.4. The molecule has 0 fully saturated rings. The van der Waals surface area contributed by atoms with Crippen molar-refractivity contribution in [3.05, 3.63) is 47.5 Å². The van der Waals surface area contributed by atoms with Crippen molar-refractivity contribution in [2.75, 3.05) is 13.7 Å². The summed E-state index contributed by atoms with van der Waals surface area (Å²) in [5, 5.41) is 10.4. The molecule has 1 aliphatic rings. The molecule has 1 atom stereocenters. The third-order valence-electron chi connectivity index (χ3n) is 4.46. The lowest BCUT2D eigenvalue weighted by atomic mass is 9.90. The zero-order valence-electron chi connectivity index (χ0n) is 15.5. The Morgan fingerprint density at radius 1 is 1.15 bits per heavy atom. The van der Waals surface area contributed by atoms with Crippen LogP contribution in [0.1, 0.15) is 37.8 Å². The highest BCUT2D eigenvalue weighted by atomic mass is 16.5. The Hall–Kier alpha value is -2.69. The van der Waals surface area contributed by atoms with Crippen LogP contribution in [0.4, 0.5) is 0 Å². The van der Waals surface area contributed by atoms with Crippen molar-refractivity contribution in [1.29, 1.82) is 0 Å². The molecular formula is C21H24O5. The van der Waals surface area contributed by atoms with Crippen molar-refractivity contribution in [2.24, 2.45) is 5.41 Å². The molecule has 0 saturated heterocycles. The zero-order chi connectivity index (χ0) is 18.9. The second kappa shape index (κ2) is 6.90. The Morgan fingerprint density at radius 2 is 1.85 bits per heavy atom. The maximum absolute atomic E-state index is 12.0. The van der Waals surface area contributed by atoms with E-state index in [1.165, 1.54) is 6.07 Å². The molecular weight excluding hydrogens is 332 g/mol. The van der Waals surface area contributed by atoms with E-state index in [0.29, 0.717) is 24.5 Å². The molecule has 3 rings (SSSR count). The lowest BCUT2D eigenvalue weighted by Crippen LogP contribution is -2.25. The van der Waals surface area contributed by atoms with Gasteiger partial charge in [-0.15, -0.1) is 0 Å². The fourth-order valence-electron chi connectivity index (χ4n) is 2.84. The van der Waals surface area contributed by atoms with Crippen LogP contribution < -0.4 is 14.2 Å². The quantitative estimate of drug-likeness (QED) is 0.663. The van der Waals surface area contributed by atoms with Crippen LogP contribution in [0, 0.1) is 5.41 Å². The number of hydrogen-bond donors (Lipinski definition) is 1. The normalized spacial score (nSPS) is 16.4. The Balaban J connectivity index is 1.80. The third kappa shape index (κ3) is 3.77. The molecule has 0 radical (unpaired) electrons. The van der Waals surface area contributed by atoms with Gasteiger partial charge in [0.05, 0.1) is 19.1 Å². The topological polar surface area (TPSA) is 65.0 Å². The van der Waals surface area contributed by atoms with Crippen LogP contribution in [0.5, 0.6) is 23.0 Å². The van der Waals surface area contributed by atoms with E-state index in [-0.39, 0.29) is 17.6 Å². The van der Waals surface area contributed by atoms with Crippen molar-refractivity contribution in [1.82, 2.24) is 0 Å². The fraction of sp³-hybridized carbons (Fsp3) is 0.381. The van der Waals surface area contributed by atoms with Crippen molar-refractivity contribution in [2.45, 2.75) is 33.1 Å². The van der Waals surface area contributed by atoms with Crippen LogP contribution in [-0.2, 0) is 11.2 Å². The molecule has 26 heavy (non-hydrogen) atoms. The van der Waals surface area contributed by atoms with Gasteiger partial charge in [0.25, 0.3) is 0 Å². The minimum atomic E-state index is -0.619. The molecule has 0 aromatic heterocycles. The second-order valence-corrected chi connectivity index (χ2v) is 7.54. The number of fused-ring (bicyclic) bond motifs is 1. The Labute approximate surface area is 153 Å². The molecule has 1 N–H and O–H groups in total. The van der Waals surface area contributed by atoms with Crippen molar-refractivity contribution in [3.63, 3.8) is 0 Å². The van der Waals surface area contributed by atoms with E-state index in [1.54, 1.807) is 33.9 Å². The lowest BCUT2D eigenvalue weighted by molar-refractivity contribution is -0.143. The number of hydrogen-bond acceptors (Lipinski definition) is 5. The van der Waals surface area contributed by atoms with Gasteiger partial charge >= 0.3 is 5.97 Å². The van der Waals surface area contributed by atoms with Gasteiger partial charge < -0.3 is 19.3 Å². The van der Waals surface area contributed by atoms with Gasteiger partial charge in [-0.25, -0.2) is 0 Å². The summed E-state index contributed by atoms with van der Waals surface area (Å²) in [5.41, 5.74) is 1.23. The molecule has 0 amide bonds. The van der Waals surface area contributed by atoms with Gasteiger partial charge in [0.2, 0.25) is 0 Å². The number of carbonyl (C=O) groups is 1. The van der Waals surface area contributed by atoms with Crippen LogP contribution in [0.2, 0.25) is 0 Å². The van der Waals surface area contributed by atoms with E-state index in [2.05, 4.69) is 0 Å². The number of carbonyl (C=O) groups excluding carboxylic acids is 1. The number of ether oxygens (including phenoxy) is 3. The number of esters is 1. The third-order valence-corrected chi connectivity index (χ3v) is 4.46. The molecule has 0 bridgehead atoms. The average molecular weight is 356 g/mol. The van der Waals surface area contributed by atoms with Crippen LogP contribution in [0.15, 0.2) is 36.4 Å². The number of phenolic OH excluding ortho intramolecular Hbond substituents is 1. The predicted octanol–water partition coefficient (Wildman–Crippen LogP) is 4.07. The first kappa shape index (κ1) is 18.1. The van der Waals surface area contributed by atoms with E-state index >= 15 is 0 Å². The number of phenols is 1. The molecule has 1 aliphatic heterocycles. The van der Waals surface area contributed by atoms with E-state index in [9.17, 15) is 9.90 Å². The van der Waals surface area contributed by atoms with Gasteiger partial charge in [0, 0.05) is 23.6 Å². The summed E-state index contributed by atoms with van der Waals surface area (Å²) in [6.45, 7) is 5.84. The molecule has 1 unspecified atom stereocenters. The number of methoxy groups -OCH3 is 1. The van der Waals surface area contributed by atoms with Crippen molar-refractivity contribution in [3.8, 4) is 23.0 Å². The molecule has 2 aromatic rings. The van der Waals surface area contributed by atoms with Crippen LogP contribution in [-0.4, -0.2) is 24.8 Å². The zero-order valence-corrected chi connectivity index (χ0v) is 15.5. The molecule has 0 aliphatic carbocycles. The number of benzene rings is 2. The molecule has 138 valence electrons. The second-order valence-electron chi connectivity index (χ2n) is 7.54. The van der Waals surface area contributed by atoms with E-state index in [0.717, 1.165) is 16.9 Å². The van der Waals surface area contributed by atoms with Crippen LogP contribution in [0.3, 0.4) is 0 Å². The first-order valence-electron chi connectivity index (χ1n) is 8.63. The Morgan fingerprint density at radius 3 is 2.46 bits per heavy atom. The van der Waals surface area contributed by atoms with E-state index in [1.807, 2.05) is 24.3 Å². The SMILES string of the molecule is COc1ccc(C2COc3cc(OC(=O)C(C)(C)C)cc(O)c3C2)cc1. The largest absolute Gasteiger partial charge is 0.507 e. The van der Waals surface area contributed by atoms with Crippen LogP contribution >= 0.6 is 0 Å². The Kier molecular flexibility index (Phi) is 4.81. The Bertz CT molecular complexity index is 802. The first-order valence-corrected chi connectivity index (χ1v) is 8.63. The monoisotopic (exact) mass is 356 g/mol. The van der Waals surface area contributed by atoms with Gasteiger partial charge in [-0.2, -0.15) is 0 Å². The fourth-order valence-corrected chi connectivity index (χ4v) is 2.84. The summed E-state index contributed by atoms with van der Waals surface area (Å²) in [6.07, 6.45) is 0.654. The highest BCUT2D eigenvalue weighted by Crippen LogP contribution is 2.41. The number of aromatic hydroxyl groups is 1. The van der Waals surface area contributed by atoms with E-state index < -0.39 is 5.41 Å². The maximum Gasteiger partial charge on any atom is 0.316 e. The molecule has 5 heteroatoms. The number of rotatable bonds is 3. The standard InChI is InChI=1S/C21H24O5/c1-21(2,3)20(23)26-16-10-18(22)17-9-14(12-25-19(17)11-16)13-5-7-15(24-4)8-6-13/h5-8,10-11,14,22H,9,12H2,1-4H3. The minimum absolute atomic E-state index is 0.0809. The van der Waals surface area contributed by atoms with Crippen molar-refractivity contribution < 1.29 is 24.1 Å². The average Bonchev–Trinajstić information content (AvgIpc) is 2.61. The van der Waals surface area contributed by atoms with Gasteiger partial charge in [0.1, 0.15) is 23.0 Å². The van der Waals surface area contributed by atoms with Gasteiger partial charge in [-0.05, 0) is 44.9 Å². The summed E-state index contributed by atoms with van der Waals surface area (Å²) in [7, 11) is 1.64. The smallest absolute Gasteiger partial charge is 0.316 e. The highest BCUT2D eigenvalue weighted by molar-refractivity contribution is 5.78. The summed E-state index contributed by atoms with van der Waals surface area (Å²) in [4.78, 5) is 12.0. The lowest BCUT2D eigenvalue weighted by Gasteiger charge is -2.27. The molecule has 5 nitrogen and oxygen atoms in total. The highest BCUT2D eigenvalue weighted by Gasteiger charge is 2.27. The summed E-state index contributed by atoms with van der Waals surface area (Å²) >= 11 is 0. The summed E-state index contributed by atoms with van der Waals surface area (Å²) in [6, 6.07) is 11.0. The minimum Gasteiger partial charge on any atom is -0.507 e. The summed E-state index contributed by atoms with van der Waals surface area (Å²) in [5.74, 6) is 1.53. The predicted molar refractivity (Wildman–Crippen MR) is 98.1 cm³/mol. The van der Waals surface area contributed by atoms with Crippen molar-refractivity contribution >= 4 is 5.97 Å². The van der Waals surface area contributed by atoms with Gasteiger partial charge in [0.15, 0.2) is 0 Å². The first-order chi connectivity index (χ1) is 12.3. The maximum atomic E-state index is 12.0. The van der Waals surface area contributed by atoms with Crippen LogP contribution in [0.25, 0.3) is 0 Å². The van der Waals surface area contributed by atoms with E-state index in [4.69, 9.17) is 14.2 Å².